The van der Waals surface area contributed by atoms with Gasteiger partial charge < -0.3 is 0 Å². The molecule has 0 N–H and O–H groups in total. The van der Waals surface area contributed by atoms with Gasteiger partial charge in [0.1, 0.15) is 5.75 Å². The van der Waals surface area contributed by atoms with Crippen LogP contribution in [0.1, 0.15) is 23.5 Å². The predicted molar refractivity (Wildman–Crippen MR) is 62.4 cm³/mol. The highest BCUT2D eigenvalue weighted by atomic mass is 32.2. The van der Waals surface area contributed by atoms with Gasteiger partial charge in [-0.1, -0.05) is 36.4 Å². The third-order valence-corrected chi connectivity index (χ3v) is 3.36. The summed E-state index contributed by atoms with van der Waals surface area (Å²) in [6, 6.07) is 8.76. The van der Waals surface area contributed by atoms with Crippen LogP contribution in [0.25, 0.3) is 6.08 Å². The van der Waals surface area contributed by atoms with E-state index < -0.39 is 0 Å². The molecule has 13 heavy (non-hydrogen) atoms. The average Bonchev–Trinajstić information content (AvgIpc) is 2.19. The largest absolute Gasteiger partial charge is 0.112 e. The van der Waals surface area contributed by atoms with Gasteiger partial charge in [-0.15, -0.1) is 0 Å². The molecule has 68 valence electrons. The highest BCUT2D eigenvalue weighted by Gasteiger charge is 2.17. The van der Waals surface area contributed by atoms with E-state index in [0.29, 0.717) is 0 Å². The second-order valence-electron chi connectivity index (χ2n) is 3.46. The van der Waals surface area contributed by atoms with Crippen LogP contribution in [0.2, 0.25) is 0 Å². The number of benzene rings is 1. The molecule has 0 aliphatic heterocycles. The molecule has 1 heteroatoms. The minimum absolute atomic E-state index is 0.757. The van der Waals surface area contributed by atoms with Crippen LogP contribution in [0.5, 0.6) is 0 Å². The van der Waals surface area contributed by atoms with Gasteiger partial charge in [-0.25, -0.2) is 0 Å². The number of fused-ring (bicyclic) bond motifs is 1. The molecular weight excluding hydrogens is 176 g/mol. The second-order valence-corrected chi connectivity index (χ2v) is 4.46. The molecule has 0 heterocycles. The van der Waals surface area contributed by atoms with Crippen LogP contribution in [0.3, 0.4) is 0 Å². The van der Waals surface area contributed by atoms with Gasteiger partial charge in [0.15, 0.2) is 0 Å². The summed E-state index contributed by atoms with van der Waals surface area (Å²) in [6.45, 7) is 0. The molecule has 0 saturated carbocycles. The third-order valence-electron chi connectivity index (χ3n) is 2.56. The lowest BCUT2D eigenvalue weighted by atomic mass is 9.88. The smallest absolute Gasteiger partial charge is 0.0831 e. The van der Waals surface area contributed by atoms with Crippen LogP contribution < -0.4 is 0 Å². The molecule has 0 radical (unpaired) electrons. The molecule has 0 bridgehead atoms. The van der Waals surface area contributed by atoms with Gasteiger partial charge in [-0.3, -0.25) is 0 Å². The zero-order chi connectivity index (χ0) is 9.10. The summed E-state index contributed by atoms with van der Waals surface area (Å²) >= 11 is 1.50. The van der Waals surface area contributed by atoms with E-state index in [2.05, 4.69) is 42.7 Å². The Hall–Kier alpha value is -0.690. The van der Waals surface area contributed by atoms with Crippen LogP contribution >= 0.6 is 0 Å². The number of allylic oxidation sites excluding steroid dienone is 1. The number of hydrogen-bond acceptors (Lipinski definition) is 0. The fourth-order valence-electron chi connectivity index (χ4n) is 1.91. The van der Waals surface area contributed by atoms with Crippen LogP contribution in [0.15, 0.2) is 30.3 Å². The zero-order valence-electron chi connectivity index (χ0n) is 7.90. The van der Waals surface area contributed by atoms with Gasteiger partial charge in [0.25, 0.3) is 0 Å². The first kappa shape index (κ1) is 8.89. The molecule has 0 fully saturated rings. The Bertz CT molecular complexity index is 315. The fraction of sp³-hybridized carbons (Fsp3) is 0.333. The summed E-state index contributed by atoms with van der Waals surface area (Å²) in [5.74, 6) is 2.05. The van der Waals surface area contributed by atoms with Gasteiger partial charge in [-0.2, -0.15) is 0 Å². The molecule has 0 amide bonds. The number of rotatable bonds is 2. The Morgan fingerprint density at radius 3 is 3.08 bits per heavy atom. The fourth-order valence-corrected chi connectivity index (χ4v) is 2.70. The summed E-state index contributed by atoms with van der Waals surface area (Å²) < 4.78 is 0. The summed E-state index contributed by atoms with van der Waals surface area (Å²) in [5.41, 5.74) is 2.96. The van der Waals surface area contributed by atoms with Crippen molar-refractivity contribution < 1.29 is 0 Å². The Balaban J connectivity index is 2.32. The van der Waals surface area contributed by atoms with Crippen LogP contribution in [-0.2, 0) is 11.8 Å². The summed E-state index contributed by atoms with van der Waals surface area (Å²) in [5, 5.41) is 0. The first-order valence-corrected chi connectivity index (χ1v) is 6.25. The van der Waals surface area contributed by atoms with Crippen molar-refractivity contribution in [2.75, 3.05) is 12.0 Å². The van der Waals surface area contributed by atoms with Gasteiger partial charge >= 0.3 is 0 Å². The highest BCUT2D eigenvalue weighted by molar-refractivity contribution is 7.77. The van der Waals surface area contributed by atoms with E-state index in [1.54, 1.807) is 5.56 Å². The van der Waals surface area contributed by atoms with Crippen molar-refractivity contribution in [3.05, 3.63) is 41.5 Å². The summed E-state index contributed by atoms with van der Waals surface area (Å²) in [7, 11) is 0. The topological polar surface area (TPSA) is 0 Å². The Kier molecular flexibility index (Phi) is 2.74. The maximum Gasteiger partial charge on any atom is 0.112 e. The van der Waals surface area contributed by atoms with E-state index in [1.807, 2.05) is 0 Å². The van der Waals surface area contributed by atoms with Gasteiger partial charge in [0.05, 0.1) is 6.26 Å². The average molecular weight is 191 g/mol. The lowest BCUT2D eigenvalue weighted by Gasteiger charge is -2.18. The van der Waals surface area contributed by atoms with E-state index in [0.717, 1.165) is 5.92 Å². The van der Waals surface area contributed by atoms with Gasteiger partial charge in [-0.05, 0) is 29.3 Å². The monoisotopic (exact) mass is 191 g/mol. The van der Waals surface area contributed by atoms with E-state index in [9.17, 15) is 0 Å². The molecule has 1 aromatic carbocycles. The van der Waals surface area contributed by atoms with E-state index in [4.69, 9.17) is 0 Å². The Morgan fingerprint density at radius 2 is 2.23 bits per heavy atom. The minimum atomic E-state index is 0.757. The summed E-state index contributed by atoms with van der Waals surface area (Å²) in [6.07, 6.45) is 8.01. The standard InChI is InChI=1S/C12H14S/c1-13-9-11-7-4-6-10-5-2-3-8-12(10)11/h2-6,8,11H,7,9H2,1H3/p+1. The van der Waals surface area contributed by atoms with E-state index >= 15 is 0 Å². The molecule has 1 aliphatic rings. The molecule has 1 aromatic rings. The first-order valence-electron chi connectivity index (χ1n) is 4.73. The SMILES string of the molecule is C[SH+]CC1CC=Cc2ccccc21. The van der Waals surface area contributed by atoms with Crippen molar-refractivity contribution >= 4 is 17.8 Å². The molecule has 0 saturated heterocycles. The zero-order valence-corrected chi connectivity index (χ0v) is 8.80. The first-order chi connectivity index (χ1) is 6.42. The van der Waals surface area contributed by atoms with Crippen molar-refractivity contribution in [3.8, 4) is 0 Å². The molecular formula is C12H15S+. The van der Waals surface area contributed by atoms with Crippen molar-refractivity contribution in [1.29, 1.82) is 0 Å². The van der Waals surface area contributed by atoms with Crippen molar-refractivity contribution in [3.63, 3.8) is 0 Å². The number of hydrogen-bond donors (Lipinski definition) is 0. The van der Waals surface area contributed by atoms with Gasteiger partial charge in [0.2, 0.25) is 0 Å². The maximum atomic E-state index is 2.30. The molecule has 0 spiro atoms. The lowest BCUT2D eigenvalue weighted by Crippen LogP contribution is -2.08. The minimum Gasteiger partial charge on any atom is -0.0831 e. The molecule has 1 atom stereocenters. The Labute approximate surface area is 84.0 Å². The van der Waals surface area contributed by atoms with E-state index in [-0.39, 0.29) is 0 Å². The molecule has 0 aromatic heterocycles. The second kappa shape index (κ2) is 4.01. The summed E-state index contributed by atoms with van der Waals surface area (Å²) in [4.78, 5) is 0. The van der Waals surface area contributed by atoms with Crippen LogP contribution in [-0.4, -0.2) is 12.0 Å². The maximum absolute atomic E-state index is 2.30. The third kappa shape index (κ3) is 1.80. The van der Waals surface area contributed by atoms with Crippen molar-refractivity contribution in [2.45, 2.75) is 12.3 Å². The molecule has 2 rings (SSSR count). The molecule has 0 nitrogen and oxygen atoms in total. The van der Waals surface area contributed by atoms with Crippen molar-refractivity contribution in [1.82, 2.24) is 0 Å². The van der Waals surface area contributed by atoms with Crippen LogP contribution in [0, 0.1) is 0 Å². The van der Waals surface area contributed by atoms with Gasteiger partial charge in [0, 0.05) is 5.92 Å². The number of thiol groups is 1. The Morgan fingerprint density at radius 1 is 1.38 bits per heavy atom. The van der Waals surface area contributed by atoms with Crippen LogP contribution in [0.4, 0.5) is 0 Å². The predicted octanol–water partition coefficient (Wildman–Crippen LogP) is 2.63. The molecule has 1 unspecified atom stereocenters. The normalized spacial score (nSPS) is 19.9. The lowest BCUT2D eigenvalue weighted by molar-refractivity contribution is 0.783. The molecule has 1 aliphatic carbocycles. The van der Waals surface area contributed by atoms with E-state index in [1.165, 1.54) is 29.5 Å². The van der Waals surface area contributed by atoms with Crippen molar-refractivity contribution in [2.24, 2.45) is 0 Å². The quantitative estimate of drug-likeness (QED) is 0.498. The highest BCUT2D eigenvalue weighted by Crippen LogP contribution is 2.29.